The minimum atomic E-state index is -0.981. The average Bonchev–Trinajstić information content (AvgIpc) is 2.50. The van der Waals surface area contributed by atoms with Crippen LogP contribution in [-0.2, 0) is 19.1 Å². The maximum Gasteiger partial charge on any atom is 0.330 e. The number of hydrogen-bond donors (Lipinski definition) is 3. The smallest absolute Gasteiger partial charge is 0.330 e. The Morgan fingerprint density at radius 2 is 1.64 bits per heavy atom. The van der Waals surface area contributed by atoms with Crippen LogP contribution in [0.2, 0.25) is 0 Å². The summed E-state index contributed by atoms with van der Waals surface area (Å²) in [6.07, 6.45) is 4.44. The monoisotopic (exact) mass is 316 g/mol. The van der Waals surface area contributed by atoms with Gasteiger partial charge < -0.3 is 20.1 Å². The predicted molar refractivity (Wildman–Crippen MR) is 82.4 cm³/mol. The standard InChI is InChI=1S/C7H12O2.C5H8O3.C3H4O2/c1-3-4-5-6(2)7(8)9;1-2-5(7)8-4-3-6;1-2-3(4)5/h2-5H2,1H3,(H,8,9);2,6H,1,3-4H2;2H,1H2,(H,4,5). The van der Waals surface area contributed by atoms with Crippen LogP contribution in [0.1, 0.15) is 26.2 Å². The molecule has 0 fully saturated rings. The molecule has 0 unspecified atom stereocenters. The summed E-state index contributed by atoms with van der Waals surface area (Å²) in [6, 6.07) is 0. The van der Waals surface area contributed by atoms with Crippen molar-refractivity contribution in [3.63, 3.8) is 0 Å². The van der Waals surface area contributed by atoms with E-state index in [0.717, 1.165) is 25.0 Å². The zero-order valence-corrected chi connectivity index (χ0v) is 12.8. The lowest BCUT2D eigenvalue weighted by molar-refractivity contribution is -0.138. The van der Waals surface area contributed by atoms with E-state index in [2.05, 4.69) is 24.5 Å². The highest BCUT2D eigenvalue weighted by Crippen LogP contribution is 2.03. The molecule has 0 spiro atoms. The number of carboxylic acid groups (broad SMARTS) is 2. The summed E-state index contributed by atoms with van der Waals surface area (Å²) in [5, 5.41) is 24.0. The first kappa shape index (κ1) is 24.6. The average molecular weight is 316 g/mol. The van der Waals surface area contributed by atoms with Crippen LogP contribution >= 0.6 is 0 Å². The number of rotatable bonds is 8. The molecule has 0 aliphatic rings. The molecule has 0 saturated carbocycles. The number of carbonyl (C=O) groups excluding carboxylic acids is 1. The highest BCUT2D eigenvalue weighted by atomic mass is 16.5. The summed E-state index contributed by atoms with van der Waals surface area (Å²) in [5.41, 5.74) is 0.317. The fraction of sp³-hybridized carbons (Fsp3) is 0.400. The first-order valence-electron chi connectivity index (χ1n) is 6.43. The van der Waals surface area contributed by atoms with Gasteiger partial charge in [-0.1, -0.05) is 33.1 Å². The lowest BCUT2D eigenvalue weighted by atomic mass is 10.1. The number of hydrogen-bond acceptors (Lipinski definition) is 5. The van der Waals surface area contributed by atoms with Gasteiger partial charge in [0.1, 0.15) is 6.61 Å². The molecule has 0 aliphatic carbocycles. The van der Waals surface area contributed by atoms with E-state index in [0.29, 0.717) is 12.0 Å². The van der Waals surface area contributed by atoms with Crippen LogP contribution in [0.4, 0.5) is 0 Å². The maximum absolute atomic E-state index is 10.1. The van der Waals surface area contributed by atoms with Crippen LogP contribution in [0.5, 0.6) is 0 Å². The second kappa shape index (κ2) is 18.6. The SMILES string of the molecule is C=C(CCCC)C(=O)O.C=CC(=O)O.C=CC(=O)OCCO. The van der Waals surface area contributed by atoms with Gasteiger partial charge >= 0.3 is 17.9 Å². The topological polar surface area (TPSA) is 121 Å². The summed E-state index contributed by atoms with van der Waals surface area (Å²) < 4.78 is 4.33. The summed E-state index contributed by atoms with van der Waals surface area (Å²) >= 11 is 0. The third-order valence-electron chi connectivity index (χ3n) is 1.81. The Labute approximate surface area is 130 Å². The molecule has 0 rings (SSSR count). The summed E-state index contributed by atoms with van der Waals surface area (Å²) in [7, 11) is 0. The van der Waals surface area contributed by atoms with Crippen LogP contribution < -0.4 is 0 Å². The maximum atomic E-state index is 10.1. The van der Waals surface area contributed by atoms with Crippen LogP contribution in [0.25, 0.3) is 0 Å². The van der Waals surface area contributed by atoms with Crippen molar-refractivity contribution in [3.05, 3.63) is 37.5 Å². The normalized spacial score (nSPS) is 8.09. The summed E-state index contributed by atoms with van der Waals surface area (Å²) in [5.74, 6) is -2.35. The number of esters is 1. The van der Waals surface area contributed by atoms with Gasteiger partial charge in [-0.05, 0) is 12.8 Å². The lowest BCUT2D eigenvalue weighted by Crippen LogP contribution is -2.04. The van der Waals surface area contributed by atoms with Crippen molar-refractivity contribution >= 4 is 17.9 Å². The minimum absolute atomic E-state index is 0.0465. The summed E-state index contributed by atoms with van der Waals surface area (Å²) in [4.78, 5) is 29.5. The molecule has 22 heavy (non-hydrogen) atoms. The molecule has 0 aromatic rings. The van der Waals surface area contributed by atoms with E-state index in [4.69, 9.17) is 15.3 Å². The van der Waals surface area contributed by atoms with E-state index in [9.17, 15) is 14.4 Å². The molecular weight excluding hydrogens is 292 g/mol. The second-order valence-electron chi connectivity index (χ2n) is 3.65. The molecule has 0 bridgehead atoms. The van der Waals surface area contributed by atoms with Crippen LogP contribution in [0.3, 0.4) is 0 Å². The number of unbranched alkanes of at least 4 members (excludes halogenated alkanes) is 1. The Morgan fingerprint density at radius 3 is 1.91 bits per heavy atom. The first-order chi connectivity index (χ1) is 10.3. The quantitative estimate of drug-likeness (QED) is 0.461. The van der Waals surface area contributed by atoms with Gasteiger partial charge in [0, 0.05) is 17.7 Å². The molecule has 3 N–H and O–H groups in total. The highest BCUT2D eigenvalue weighted by Gasteiger charge is 2.00. The fourth-order valence-corrected chi connectivity index (χ4v) is 0.702. The van der Waals surface area contributed by atoms with Gasteiger partial charge in [-0.25, -0.2) is 14.4 Å². The molecule has 0 saturated heterocycles. The molecule has 126 valence electrons. The number of carbonyl (C=O) groups is 3. The number of aliphatic carboxylic acids is 2. The predicted octanol–water partition coefficient (Wildman–Crippen LogP) is 1.78. The van der Waals surface area contributed by atoms with Gasteiger partial charge in [-0.3, -0.25) is 0 Å². The highest BCUT2D eigenvalue weighted by molar-refractivity contribution is 5.85. The summed E-state index contributed by atoms with van der Waals surface area (Å²) in [6.45, 7) is 11.4. The molecule has 7 heteroatoms. The first-order valence-corrected chi connectivity index (χ1v) is 6.43. The van der Waals surface area contributed by atoms with Gasteiger partial charge in [0.15, 0.2) is 0 Å². The Morgan fingerprint density at radius 1 is 1.14 bits per heavy atom. The van der Waals surface area contributed by atoms with E-state index in [1.54, 1.807) is 0 Å². The van der Waals surface area contributed by atoms with Crippen LogP contribution in [-0.4, -0.2) is 46.4 Å². The molecule has 0 aromatic heterocycles. The third kappa shape index (κ3) is 26.2. The Kier molecular flexibility index (Phi) is 20.8. The zero-order chi connectivity index (χ0) is 18.0. The number of carboxylic acids is 2. The van der Waals surface area contributed by atoms with E-state index in [-0.39, 0.29) is 13.2 Å². The van der Waals surface area contributed by atoms with Gasteiger partial charge in [0.25, 0.3) is 0 Å². The van der Waals surface area contributed by atoms with Crippen molar-refractivity contribution in [1.82, 2.24) is 0 Å². The minimum Gasteiger partial charge on any atom is -0.478 e. The van der Waals surface area contributed by atoms with Crippen molar-refractivity contribution in [3.8, 4) is 0 Å². The fourth-order valence-electron chi connectivity index (χ4n) is 0.702. The van der Waals surface area contributed by atoms with Gasteiger partial charge in [0.05, 0.1) is 6.61 Å². The number of aliphatic hydroxyl groups is 1. The second-order valence-corrected chi connectivity index (χ2v) is 3.65. The van der Waals surface area contributed by atoms with E-state index in [1.807, 2.05) is 6.92 Å². The molecule has 0 amide bonds. The van der Waals surface area contributed by atoms with Crippen LogP contribution in [0.15, 0.2) is 37.5 Å². The molecule has 0 aliphatic heterocycles. The van der Waals surface area contributed by atoms with Crippen molar-refractivity contribution in [2.75, 3.05) is 13.2 Å². The molecule has 0 atom stereocenters. The molecule has 0 heterocycles. The van der Waals surface area contributed by atoms with Gasteiger partial charge in [-0.2, -0.15) is 0 Å². The van der Waals surface area contributed by atoms with Crippen molar-refractivity contribution in [2.24, 2.45) is 0 Å². The third-order valence-corrected chi connectivity index (χ3v) is 1.81. The molecular formula is C15H24O7. The van der Waals surface area contributed by atoms with Crippen LogP contribution in [0, 0.1) is 0 Å². The van der Waals surface area contributed by atoms with Crippen molar-refractivity contribution < 1.29 is 34.4 Å². The number of ether oxygens (including phenoxy) is 1. The Bertz CT molecular complexity index is 372. The van der Waals surface area contributed by atoms with E-state index < -0.39 is 17.9 Å². The lowest BCUT2D eigenvalue weighted by Gasteiger charge is -1.95. The molecule has 0 radical (unpaired) electrons. The largest absolute Gasteiger partial charge is 0.478 e. The number of aliphatic hydroxyl groups excluding tert-OH is 1. The Hall–Kier alpha value is -2.41. The van der Waals surface area contributed by atoms with E-state index in [1.165, 1.54) is 0 Å². The Balaban J connectivity index is -0.000000257. The van der Waals surface area contributed by atoms with Crippen molar-refractivity contribution in [2.45, 2.75) is 26.2 Å². The van der Waals surface area contributed by atoms with Gasteiger partial charge in [-0.15, -0.1) is 0 Å². The van der Waals surface area contributed by atoms with Gasteiger partial charge in [0.2, 0.25) is 0 Å². The zero-order valence-electron chi connectivity index (χ0n) is 12.8. The molecule has 7 nitrogen and oxygen atoms in total. The van der Waals surface area contributed by atoms with Crippen molar-refractivity contribution in [1.29, 1.82) is 0 Å². The molecule has 0 aromatic carbocycles. The van der Waals surface area contributed by atoms with E-state index >= 15 is 0 Å².